The van der Waals surface area contributed by atoms with Crippen LogP contribution in [0.3, 0.4) is 0 Å². The molecular formula is C17H15N3O2. The van der Waals surface area contributed by atoms with E-state index in [4.69, 9.17) is 4.74 Å². The van der Waals surface area contributed by atoms with Crippen molar-refractivity contribution in [1.29, 1.82) is 0 Å². The lowest BCUT2D eigenvalue weighted by Crippen LogP contribution is -2.15. The van der Waals surface area contributed by atoms with Crippen LogP contribution in [-0.4, -0.2) is 23.2 Å². The maximum absolute atomic E-state index is 12.2. The highest BCUT2D eigenvalue weighted by Gasteiger charge is 2.08. The smallest absolute Gasteiger partial charge is 0.230 e. The number of methoxy groups -OCH3 is 1. The highest BCUT2D eigenvalue weighted by molar-refractivity contribution is 6.00. The molecule has 22 heavy (non-hydrogen) atoms. The molecule has 3 aromatic rings. The minimum atomic E-state index is -0.129. The Balaban J connectivity index is 1.75. The zero-order valence-corrected chi connectivity index (χ0v) is 12.1. The van der Waals surface area contributed by atoms with Crippen LogP contribution in [0.2, 0.25) is 0 Å². The van der Waals surface area contributed by atoms with E-state index in [-0.39, 0.29) is 12.3 Å². The van der Waals surface area contributed by atoms with Gasteiger partial charge in [0.05, 0.1) is 19.7 Å². The zero-order valence-electron chi connectivity index (χ0n) is 12.1. The fraction of sp³-hybridized carbons (Fsp3) is 0.118. The summed E-state index contributed by atoms with van der Waals surface area (Å²) in [6, 6.07) is 15.1. The molecule has 1 aromatic heterocycles. The largest absolute Gasteiger partial charge is 0.497 e. The van der Waals surface area contributed by atoms with E-state index in [1.807, 2.05) is 48.5 Å². The summed E-state index contributed by atoms with van der Waals surface area (Å²) in [5.74, 6) is 1.12. The van der Waals surface area contributed by atoms with Gasteiger partial charge in [-0.05, 0) is 17.7 Å². The Bertz CT molecular complexity index is 795. The second-order valence-electron chi connectivity index (χ2n) is 4.85. The molecule has 0 spiro atoms. The number of amides is 1. The third-order valence-corrected chi connectivity index (χ3v) is 3.35. The maximum atomic E-state index is 12.2. The van der Waals surface area contributed by atoms with Crippen molar-refractivity contribution < 1.29 is 9.53 Å². The van der Waals surface area contributed by atoms with Gasteiger partial charge in [-0.15, -0.1) is 5.10 Å². The molecule has 0 radical (unpaired) electrons. The van der Waals surface area contributed by atoms with Crippen molar-refractivity contribution >= 4 is 22.5 Å². The van der Waals surface area contributed by atoms with Gasteiger partial charge in [-0.3, -0.25) is 4.79 Å². The molecule has 0 saturated heterocycles. The van der Waals surface area contributed by atoms with Gasteiger partial charge in [-0.25, -0.2) is 0 Å². The molecule has 0 aliphatic heterocycles. The SMILES string of the molecule is COc1ccc(CC(=O)Nc2nncc3ccccc23)cc1. The topological polar surface area (TPSA) is 64.1 Å². The van der Waals surface area contributed by atoms with Crippen LogP contribution in [0.4, 0.5) is 5.82 Å². The average Bonchev–Trinajstić information content (AvgIpc) is 2.56. The minimum Gasteiger partial charge on any atom is -0.497 e. The monoisotopic (exact) mass is 293 g/mol. The standard InChI is InChI=1S/C17H15N3O2/c1-22-14-8-6-12(7-9-14)10-16(21)19-17-15-5-3-2-4-13(15)11-18-20-17/h2-9,11H,10H2,1H3,(H,19,20,21). The van der Waals surface area contributed by atoms with E-state index >= 15 is 0 Å². The normalized spacial score (nSPS) is 10.4. The average molecular weight is 293 g/mol. The number of aromatic nitrogens is 2. The number of nitrogens with zero attached hydrogens (tertiary/aromatic N) is 2. The Morgan fingerprint density at radius 1 is 1.14 bits per heavy atom. The van der Waals surface area contributed by atoms with Crippen molar-refractivity contribution in [3.05, 3.63) is 60.3 Å². The molecule has 1 heterocycles. The van der Waals surface area contributed by atoms with Gasteiger partial charge >= 0.3 is 0 Å². The van der Waals surface area contributed by atoms with E-state index in [1.165, 1.54) is 0 Å². The van der Waals surface area contributed by atoms with Crippen LogP contribution < -0.4 is 10.1 Å². The predicted octanol–water partition coefficient (Wildman–Crippen LogP) is 2.82. The molecule has 0 atom stereocenters. The quantitative estimate of drug-likeness (QED) is 0.803. The highest BCUT2D eigenvalue weighted by Crippen LogP contribution is 2.19. The zero-order chi connectivity index (χ0) is 15.4. The van der Waals surface area contributed by atoms with Crippen LogP contribution in [0.5, 0.6) is 5.75 Å². The van der Waals surface area contributed by atoms with E-state index in [0.29, 0.717) is 5.82 Å². The van der Waals surface area contributed by atoms with E-state index in [2.05, 4.69) is 15.5 Å². The van der Waals surface area contributed by atoms with Crippen molar-refractivity contribution in [3.63, 3.8) is 0 Å². The number of anilines is 1. The molecule has 3 rings (SSSR count). The van der Waals surface area contributed by atoms with Crippen LogP contribution in [0.25, 0.3) is 10.8 Å². The molecular weight excluding hydrogens is 278 g/mol. The van der Waals surface area contributed by atoms with Crippen molar-refractivity contribution in [1.82, 2.24) is 10.2 Å². The summed E-state index contributed by atoms with van der Waals surface area (Å²) in [7, 11) is 1.61. The first kappa shape index (κ1) is 14.0. The minimum absolute atomic E-state index is 0.129. The second kappa shape index (κ2) is 6.22. The lowest BCUT2D eigenvalue weighted by Gasteiger charge is -2.07. The molecule has 110 valence electrons. The highest BCUT2D eigenvalue weighted by atomic mass is 16.5. The third-order valence-electron chi connectivity index (χ3n) is 3.35. The van der Waals surface area contributed by atoms with Crippen molar-refractivity contribution in [3.8, 4) is 5.75 Å². The molecule has 1 N–H and O–H groups in total. The molecule has 0 fully saturated rings. The summed E-state index contributed by atoms with van der Waals surface area (Å²) in [4.78, 5) is 12.2. The molecule has 5 heteroatoms. The van der Waals surface area contributed by atoms with E-state index in [1.54, 1.807) is 13.3 Å². The summed E-state index contributed by atoms with van der Waals surface area (Å²) < 4.78 is 5.10. The Morgan fingerprint density at radius 3 is 2.68 bits per heavy atom. The van der Waals surface area contributed by atoms with Gasteiger partial charge in [0.2, 0.25) is 5.91 Å². The molecule has 1 amide bonds. The van der Waals surface area contributed by atoms with E-state index in [0.717, 1.165) is 22.1 Å². The molecule has 0 saturated carbocycles. The van der Waals surface area contributed by atoms with Crippen LogP contribution in [0, 0.1) is 0 Å². The Kier molecular flexibility index (Phi) is 3.96. The van der Waals surface area contributed by atoms with E-state index < -0.39 is 0 Å². The number of rotatable bonds is 4. The first-order valence-electron chi connectivity index (χ1n) is 6.89. The summed E-state index contributed by atoms with van der Waals surface area (Å²) >= 11 is 0. The lowest BCUT2D eigenvalue weighted by molar-refractivity contribution is -0.115. The van der Waals surface area contributed by atoms with E-state index in [9.17, 15) is 4.79 Å². The fourth-order valence-electron chi connectivity index (χ4n) is 2.23. The Labute approximate surface area is 127 Å². The van der Waals surface area contributed by atoms with Crippen LogP contribution in [0.15, 0.2) is 54.7 Å². The molecule has 5 nitrogen and oxygen atoms in total. The van der Waals surface area contributed by atoms with Gasteiger partial charge in [0.15, 0.2) is 5.82 Å². The summed E-state index contributed by atoms with van der Waals surface area (Å²) in [5, 5.41) is 12.6. The summed E-state index contributed by atoms with van der Waals surface area (Å²) in [6.45, 7) is 0. The number of carbonyl (C=O) groups is 1. The predicted molar refractivity (Wildman–Crippen MR) is 84.9 cm³/mol. The maximum Gasteiger partial charge on any atom is 0.230 e. The molecule has 0 aliphatic carbocycles. The molecule has 0 bridgehead atoms. The van der Waals surface area contributed by atoms with Crippen molar-refractivity contribution in [2.45, 2.75) is 6.42 Å². The number of benzene rings is 2. The fourth-order valence-corrected chi connectivity index (χ4v) is 2.23. The number of hydrogen-bond donors (Lipinski definition) is 1. The van der Waals surface area contributed by atoms with Crippen molar-refractivity contribution in [2.75, 3.05) is 12.4 Å². The van der Waals surface area contributed by atoms with Gasteiger partial charge in [0, 0.05) is 10.8 Å². The summed E-state index contributed by atoms with van der Waals surface area (Å²) in [5.41, 5.74) is 0.909. The van der Waals surface area contributed by atoms with Gasteiger partial charge in [0.1, 0.15) is 5.75 Å². The first-order valence-corrected chi connectivity index (χ1v) is 6.89. The van der Waals surface area contributed by atoms with Gasteiger partial charge < -0.3 is 10.1 Å². The first-order chi connectivity index (χ1) is 10.8. The Morgan fingerprint density at radius 2 is 1.91 bits per heavy atom. The number of ether oxygens (including phenoxy) is 1. The number of hydrogen-bond acceptors (Lipinski definition) is 4. The van der Waals surface area contributed by atoms with Gasteiger partial charge in [0.25, 0.3) is 0 Å². The van der Waals surface area contributed by atoms with Crippen LogP contribution in [-0.2, 0) is 11.2 Å². The number of fused-ring (bicyclic) bond motifs is 1. The van der Waals surface area contributed by atoms with Crippen LogP contribution in [0.1, 0.15) is 5.56 Å². The van der Waals surface area contributed by atoms with Crippen LogP contribution >= 0.6 is 0 Å². The second-order valence-corrected chi connectivity index (χ2v) is 4.85. The third kappa shape index (κ3) is 3.03. The Hall–Kier alpha value is -2.95. The molecule has 0 aliphatic rings. The van der Waals surface area contributed by atoms with Gasteiger partial charge in [-0.2, -0.15) is 5.10 Å². The van der Waals surface area contributed by atoms with Crippen molar-refractivity contribution in [2.24, 2.45) is 0 Å². The molecule has 2 aromatic carbocycles. The number of carbonyl (C=O) groups excluding carboxylic acids is 1. The summed E-state index contributed by atoms with van der Waals surface area (Å²) in [6.07, 6.45) is 1.95. The van der Waals surface area contributed by atoms with Gasteiger partial charge in [-0.1, -0.05) is 36.4 Å². The molecule has 0 unspecified atom stereocenters. The lowest BCUT2D eigenvalue weighted by atomic mass is 10.1. The number of nitrogens with one attached hydrogen (secondary N) is 1.